The molecule has 104 valence electrons. The van der Waals surface area contributed by atoms with E-state index in [0.717, 1.165) is 18.2 Å². The van der Waals surface area contributed by atoms with E-state index in [0.29, 0.717) is 5.56 Å². The number of halogens is 4. The molecule has 2 nitrogen and oxygen atoms in total. The van der Waals surface area contributed by atoms with Crippen molar-refractivity contribution < 1.29 is 18.0 Å². The van der Waals surface area contributed by atoms with Gasteiger partial charge in [0.15, 0.2) is 11.6 Å². The highest BCUT2D eigenvalue weighted by Crippen LogP contribution is 2.24. The molecule has 2 aromatic carbocycles. The number of carbonyl (C=O) groups excluding carboxylic acids is 1. The third-order valence-electron chi connectivity index (χ3n) is 2.69. The van der Waals surface area contributed by atoms with Crippen LogP contribution in [0.15, 0.2) is 34.8 Å². The van der Waals surface area contributed by atoms with Gasteiger partial charge in [-0.3, -0.25) is 4.79 Å². The van der Waals surface area contributed by atoms with Crippen molar-refractivity contribution in [3.05, 3.63) is 63.4 Å². The normalized spacial score (nSPS) is 10.4. The van der Waals surface area contributed by atoms with Gasteiger partial charge in [-0.1, -0.05) is 22.0 Å². The van der Waals surface area contributed by atoms with Crippen molar-refractivity contribution in [2.24, 2.45) is 0 Å². The molecule has 0 heterocycles. The Morgan fingerprint density at radius 2 is 1.70 bits per heavy atom. The van der Waals surface area contributed by atoms with Crippen LogP contribution in [0.1, 0.15) is 15.9 Å². The van der Waals surface area contributed by atoms with Crippen LogP contribution in [0.5, 0.6) is 0 Å². The van der Waals surface area contributed by atoms with Gasteiger partial charge in [-0.2, -0.15) is 0 Å². The van der Waals surface area contributed by atoms with E-state index >= 15 is 0 Å². The third-order valence-corrected chi connectivity index (χ3v) is 3.15. The Bertz CT molecular complexity index is 665. The van der Waals surface area contributed by atoms with Gasteiger partial charge in [-0.25, -0.2) is 13.2 Å². The molecule has 0 unspecified atom stereocenters. The zero-order valence-electron chi connectivity index (χ0n) is 10.3. The summed E-state index contributed by atoms with van der Waals surface area (Å²) in [4.78, 5) is 12.0. The Balaban J connectivity index is 2.35. The molecule has 2 rings (SSSR count). The van der Waals surface area contributed by atoms with Crippen molar-refractivity contribution in [3.63, 3.8) is 0 Å². The quantitative estimate of drug-likeness (QED) is 0.858. The number of nitrogens with one attached hydrogen (secondary N) is 1. The van der Waals surface area contributed by atoms with E-state index in [1.165, 1.54) is 12.1 Å². The van der Waals surface area contributed by atoms with E-state index in [2.05, 4.69) is 21.2 Å². The monoisotopic (exact) mass is 343 g/mol. The molecule has 0 atom stereocenters. The molecule has 0 aliphatic rings. The summed E-state index contributed by atoms with van der Waals surface area (Å²) in [5.74, 6) is -3.21. The summed E-state index contributed by atoms with van der Waals surface area (Å²) in [5, 5.41) is 2.11. The molecular weight excluding hydrogens is 335 g/mol. The van der Waals surface area contributed by atoms with Crippen LogP contribution >= 0.6 is 15.9 Å². The van der Waals surface area contributed by atoms with Gasteiger partial charge in [0.05, 0.1) is 0 Å². The first-order valence-electron chi connectivity index (χ1n) is 5.60. The number of hydrogen-bond acceptors (Lipinski definition) is 1. The predicted molar refractivity (Wildman–Crippen MR) is 73.1 cm³/mol. The van der Waals surface area contributed by atoms with E-state index in [4.69, 9.17) is 0 Å². The highest BCUT2D eigenvalue weighted by Gasteiger charge is 2.16. The maximum absolute atomic E-state index is 13.6. The van der Waals surface area contributed by atoms with E-state index in [1.54, 1.807) is 6.92 Å². The van der Waals surface area contributed by atoms with Crippen molar-refractivity contribution >= 4 is 27.5 Å². The number of carbonyl (C=O) groups is 1. The Labute approximate surface area is 121 Å². The first-order valence-corrected chi connectivity index (χ1v) is 6.40. The second-order valence-electron chi connectivity index (χ2n) is 4.16. The van der Waals surface area contributed by atoms with Crippen LogP contribution < -0.4 is 5.32 Å². The van der Waals surface area contributed by atoms with Crippen molar-refractivity contribution in [3.8, 4) is 0 Å². The minimum Gasteiger partial charge on any atom is -0.317 e. The fourth-order valence-electron chi connectivity index (χ4n) is 1.68. The number of amides is 1. The summed E-state index contributed by atoms with van der Waals surface area (Å²) < 4.78 is 40.6. The number of hydrogen-bond donors (Lipinski definition) is 1. The molecule has 20 heavy (non-hydrogen) atoms. The first kappa shape index (κ1) is 14.6. The van der Waals surface area contributed by atoms with Crippen molar-refractivity contribution in [2.75, 3.05) is 5.32 Å². The molecule has 1 amide bonds. The highest BCUT2D eigenvalue weighted by molar-refractivity contribution is 9.10. The number of anilines is 1. The molecule has 0 aliphatic carbocycles. The molecule has 0 radical (unpaired) electrons. The maximum atomic E-state index is 13.6. The van der Waals surface area contributed by atoms with Gasteiger partial charge in [-0.15, -0.1) is 0 Å². The second kappa shape index (κ2) is 5.66. The molecule has 0 saturated carbocycles. The summed E-state index contributed by atoms with van der Waals surface area (Å²) in [5.41, 5.74) is -0.0459. The number of aryl methyl sites for hydroxylation is 1. The zero-order valence-corrected chi connectivity index (χ0v) is 11.9. The number of benzene rings is 2. The predicted octanol–water partition coefficient (Wildman–Crippen LogP) is 4.43. The smallest absolute Gasteiger partial charge is 0.256 e. The van der Waals surface area contributed by atoms with Gasteiger partial charge in [0.25, 0.3) is 5.91 Å². The third kappa shape index (κ3) is 3.01. The zero-order chi connectivity index (χ0) is 14.9. The van der Waals surface area contributed by atoms with Gasteiger partial charge in [0.2, 0.25) is 0 Å². The summed E-state index contributed by atoms with van der Waals surface area (Å²) in [7, 11) is 0. The van der Waals surface area contributed by atoms with Crippen molar-refractivity contribution in [2.45, 2.75) is 6.92 Å². The van der Waals surface area contributed by atoms with Crippen molar-refractivity contribution in [1.82, 2.24) is 0 Å². The van der Waals surface area contributed by atoms with Crippen LogP contribution in [0, 0.1) is 24.4 Å². The lowest BCUT2D eigenvalue weighted by molar-refractivity contribution is 0.102. The second-order valence-corrected chi connectivity index (χ2v) is 5.07. The summed E-state index contributed by atoms with van der Waals surface area (Å²) in [6, 6.07) is 5.68. The fourth-order valence-corrected chi connectivity index (χ4v) is 2.08. The summed E-state index contributed by atoms with van der Waals surface area (Å²) >= 11 is 2.94. The Kier molecular flexibility index (Phi) is 4.13. The molecule has 0 spiro atoms. The average molecular weight is 344 g/mol. The average Bonchev–Trinajstić information content (AvgIpc) is 2.36. The molecule has 0 aromatic heterocycles. The Morgan fingerprint density at radius 1 is 1.10 bits per heavy atom. The molecule has 6 heteroatoms. The maximum Gasteiger partial charge on any atom is 0.256 e. The lowest BCUT2D eigenvalue weighted by Crippen LogP contribution is -2.16. The van der Waals surface area contributed by atoms with Crippen LogP contribution in [-0.2, 0) is 0 Å². The Hall–Kier alpha value is -1.82. The first-order chi connectivity index (χ1) is 9.38. The summed E-state index contributed by atoms with van der Waals surface area (Å²) in [6.45, 7) is 1.60. The molecular formula is C14H9BrF3NO. The van der Waals surface area contributed by atoms with Crippen molar-refractivity contribution in [1.29, 1.82) is 0 Å². The van der Waals surface area contributed by atoms with Gasteiger partial charge in [0, 0.05) is 10.0 Å². The van der Waals surface area contributed by atoms with Gasteiger partial charge in [-0.05, 0) is 36.8 Å². The fraction of sp³-hybridized carbons (Fsp3) is 0.0714. The molecule has 0 saturated heterocycles. The standard InChI is InChI=1S/C14H9BrF3NO/c1-7-2-3-9(16)6-10(7)14(20)19-13-11(17)4-8(15)5-12(13)18/h2-6H,1H3,(H,19,20). The molecule has 1 N–H and O–H groups in total. The van der Waals surface area contributed by atoms with E-state index < -0.39 is 29.0 Å². The minimum absolute atomic E-state index is 0.0201. The lowest BCUT2D eigenvalue weighted by atomic mass is 10.1. The Morgan fingerprint density at radius 3 is 2.30 bits per heavy atom. The molecule has 0 fully saturated rings. The van der Waals surface area contributed by atoms with Gasteiger partial charge >= 0.3 is 0 Å². The van der Waals surface area contributed by atoms with E-state index in [1.807, 2.05) is 0 Å². The van der Waals surface area contributed by atoms with Gasteiger partial charge < -0.3 is 5.32 Å². The van der Waals surface area contributed by atoms with Crippen LogP contribution in [-0.4, -0.2) is 5.91 Å². The number of rotatable bonds is 2. The van der Waals surface area contributed by atoms with E-state index in [9.17, 15) is 18.0 Å². The minimum atomic E-state index is -0.917. The van der Waals surface area contributed by atoms with Crippen LogP contribution in [0.3, 0.4) is 0 Å². The topological polar surface area (TPSA) is 29.1 Å². The van der Waals surface area contributed by atoms with Gasteiger partial charge in [0.1, 0.15) is 11.5 Å². The SMILES string of the molecule is Cc1ccc(F)cc1C(=O)Nc1c(F)cc(Br)cc1F. The lowest BCUT2D eigenvalue weighted by Gasteiger charge is -2.10. The molecule has 2 aromatic rings. The molecule has 0 aliphatic heterocycles. The summed E-state index contributed by atoms with van der Waals surface area (Å²) in [6.07, 6.45) is 0. The van der Waals surface area contributed by atoms with E-state index in [-0.39, 0.29) is 10.0 Å². The highest BCUT2D eigenvalue weighted by atomic mass is 79.9. The largest absolute Gasteiger partial charge is 0.317 e. The molecule has 0 bridgehead atoms. The van der Waals surface area contributed by atoms with Crippen LogP contribution in [0.4, 0.5) is 18.9 Å². The van der Waals surface area contributed by atoms with Crippen LogP contribution in [0.25, 0.3) is 0 Å². The van der Waals surface area contributed by atoms with Crippen LogP contribution in [0.2, 0.25) is 0 Å².